The average molecular weight is 427 g/mol. The SMILES string of the molecule is CCCOc1ccc(Oc2ncccc2CN=C(NCC)N(C)CC2CCOC2)cc1. The highest BCUT2D eigenvalue weighted by Crippen LogP contribution is 2.25. The van der Waals surface area contributed by atoms with Crippen LogP contribution in [0.25, 0.3) is 0 Å². The molecule has 1 saturated heterocycles. The van der Waals surface area contributed by atoms with Crippen LogP contribution in [0.4, 0.5) is 0 Å². The summed E-state index contributed by atoms with van der Waals surface area (Å²) in [5.74, 6) is 3.55. The van der Waals surface area contributed by atoms with Gasteiger partial charge in [0.05, 0.1) is 19.8 Å². The second-order valence-corrected chi connectivity index (χ2v) is 7.67. The molecule has 1 aliphatic heterocycles. The molecule has 31 heavy (non-hydrogen) atoms. The van der Waals surface area contributed by atoms with Crippen LogP contribution in [-0.4, -0.2) is 55.8 Å². The topological polar surface area (TPSA) is 68.2 Å². The maximum atomic E-state index is 6.04. The lowest BCUT2D eigenvalue weighted by atomic mass is 10.1. The van der Waals surface area contributed by atoms with Crippen molar-refractivity contribution in [2.75, 3.05) is 40.0 Å². The maximum absolute atomic E-state index is 6.04. The zero-order valence-electron chi connectivity index (χ0n) is 18.8. The smallest absolute Gasteiger partial charge is 0.224 e. The fourth-order valence-corrected chi connectivity index (χ4v) is 3.40. The quantitative estimate of drug-likeness (QED) is 0.456. The molecular formula is C24H34N4O3. The molecule has 3 rings (SSSR count). The summed E-state index contributed by atoms with van der Waals surface area (Å²) in [6, 6.07) is 11.5. The highest BCUT2D eigenvalue weighted by atomic mass is 16.5. The van der Waals surface area contributed by atoms with Gasteiger partial charge in [-0.15, -0.1) is 0 Å². The van der Waals surface area contributed by atoms with Crippen LogP contribution in [0.3, 0.4) is 0 Å². The summed E-state index contributed by atoms with van der Waals surface area (Å²) in [7, 11) is 2.07. The summed E-state index contributed by atoms with van der Waals surface area (Å²) in [6.07, 6.45) is 3.82. The van der Waals surface area contributed by atoms with E-state index in [1.54, 1.807) is 6.20 Å². The second kappa shape index (κ2) is 12.2. The zero-order chi connectivity index (χ0) is 21.9. The van der Waals surface area contributed by atoms with Crippen molar-refractivity contribution >= 4 is 5.96 Å². The number of hydrogen-bond donors (Lipinski definition) is 1. The van der Waals surface area contributed by atoms with Gasteiger partial charge in [0.25, 0.3) is 0 Å². The van der Waals surface area contributed by atoms with E-state index in [2.05, 4.69) is 36.1 Å². The first-order chi connectivity index (χ1) is 15.2. The zero-order valence-corrected chi connectivity index (χ0v) is 18.8. The first kappa shape index (κ1) is 22.9. The minimum Gasteiger partial charge on any atom is -0.494 e. The van der Waals surface area contributed by atoms with Gasteiger partial charge in [-0.2, -0.15) is 0 Å². The Hall–Kier alpha value is -2.80. The largest absolute Gasteiger partial charge is 0.494 e. The Morgan fingerprint density at radius 1 is 1.23 bits per heavy atom. The highest BCUT2D eigenvalue weighted by molar-refractivity contribution is 5.79. The number of aromatic nitrogens is 1. The van der Waals surface area contributed by atoms with Gasteiger partial charge in [-0.05, 0) is 50.1 Å². The third-order valence-electron chi connectivity index (χ3n) is 5.01. The number of ether oxygens (including phenoxy) is 3. The van der Waals surface area contributed by atoms with E-state index in [0.29, 0.717) is 24.9 Å². The van der Waals surface area contributed by atoms with Gasteiger partial charge in [-0.3, -0.25) is 0 Å². The molecule has 0 spiro atoms. The molecule has 1 aromatic heterocycles. The fraction of sp³-hybridized carbons (Fsp3) is 0.500. The highest BCUT2D eigenvalue weighted by Gasteiger charge is 2.19. The van der Waals surface area contributed by atoms with Gasteiger partial charge in [0.1, 0.15) is 11.5 Å². The molecule has 0 amide bonds. The molecule has 1 N–H and O–H groups in total. The molecule has 1 unspecified atom stereocenters. The molecule has 0 saturated carbocycles. The summed E-state index contributed by atoms with van der Waals surface area (Å²) >= 11 is 0. The lowest BCUT2D eigenvalue weighted by molar-refractivity contribution is 0.181. The van der Waals surface area contributed by atoms with Gasteiger partial charge >= 0.3 is 0 Å². The standard InChI is InChI=1S/C24H34N4O3/c1-4-14-30-21-8-10-22(11-9-21)31-23-20(7-6-13-26-23)16-27-24(25-5-2)28(3)17-19-12-15-29-18-19/h6-11,13,19H,4-5,12,14-18H2,1-3H3,(H,25,27). The van der Waals surface area contributed by atoms with Crippen molar-refractivity contribution in [1.82, 2.24) is 15.2 Å². The molecule has 1 fully saturated rings. The van der Waals surface area contributed by atoms with E-state index in [9.17, 15) is 0 Å². The van der Waals surface area contributed by atoms with Crippen molar-refractivity contribution < 1.29 is 14.2 Å². The number of nitrogens with zero attached hydrogens (tertiary/aromatic N) is 3. The van der Waals surface area contributed by atoms with Crippen LogP contribution >= 0.6 is 0 Å². The van der Waals surface area contributed by atoms with Gasteiger partial charge in [0, 0.05) is 44.4 Å². The van der Waals surface area contributed by atoms with Crippen LogP contribution in [0.2, 0.25) is 0 Å². The van der Waals surface area contributed by atoms with E-state index < -0.39 is 0 Å². The Bertz CT molecular complexity index is 820. The number of aliphatic imine (C=N–C) groups is 1. The molecule has 0 radical (unpaired) electrons. The van der Waals surface area contributed by atoms with E-state index >= 15 is 0 Å². The van der Waals surface area contributed by atoms with E-state index in [1.807, 2.05) is 36.4 Å². The molecule has 0 bridgehead atoms. The Morgan fingerprint density at radius 2 is 2.03 bits per heavy atom. The number of benzene rings is 1. The Labute approximate surface area is 185 Å². The van der Waals surface area contributed by atoms with Gasteiger partial charge in [-0.25, -0.2) is 9.98 Å². The molecular weight excluding hydrogens is 392 g/mol. The monoisotopic (exact) mass is 426 g/mol. The van der Waals surface area contributed by atoms with Crippen molar-refractivity contribution in [3.05, 3.63) is 48.2 Å². The van der Waals surface area contributed by atoms with Crippen LogP contribution in [0.1, 0.15) is 32.3 Å². The van der Waals surface area contributed by atoms with E-state index in [0.717, 1.165) is 62.2 Å². The summed E-state index contributed by atoms with van der Waals surface area (Å²) in [5, 5.41) is 3.38. The first-order valence-electron chi connectivity index (χ1n) is 11.1. The average Bonchev–Trinajstić information content (AvgIpc) is 3.30. The molecule has 7 heteroatoms. The van der Waals surface area contributed by atoms with Gasteiger partial charge in [0.15, 0.2) is 5.96 Å². The fourth-order valence-electron chi connectivity index (χ4n) is 3.40. The molecule has 2 aromatic rings. The molecule has 7 nitrogen and oxygen atoms in total. The van der Waals surface area contributed by atoms with E-state index in [-0.39, 0.29) is 0 Å². The van der Waals surface area contributed by atoms with Crippen LogP contribution in [0.5, 0.6) is 17.4 Å². The first-order valence-corrected chi connectivity index (χ1v) is 11.1. The second-order valence-electron chi connectivity index (χ2n) is 7.67. The lowest BCUT2D eigenvalue weighted by Gasteiger charge is -2.24. The predicted octanol–water partition coefficient (Wildman–Crippen LogP) is 4.10. The van der Waals surface area contributed by atoms with Crippen LogP contribution in [0.15, 0.2) is 47.6 Å². The van der Waals surface area contributed by atoms with Crippen molar-refractivity contribution in [3.8, 4) is 17.4 Å². The molecule has 1 atom stereocenters. The minimum atomic E-state index is 0.481. The van der Waals surface area contributed by atoms with E-state index in [1.165, 1.54) is 0 Å². The minimum absolute atomic E-state index is 0.481. The van der Waals surface area contributed by atoms with Gasteiger partial charge < -0.3 is 24.4 Å². The van der Waals surface area contributed by atoms with E-state index in [4.69, 9.17) is 19.2 Å². The van der Waals surface area contributed by atoms with Crippen molar-refractivity contribution in [2.24, 2.45) is 10.9 Å². The molecule has 1 aromatic carbocycles. The molecule has 0 aliphatic carbocycles. The summed E-state index contributed by atoms with van der Waals surface area (Å²) < 4.78 is 17.2. The molecule has 2 heterocycles. The Balaban J connectivity index is 1.66. The lowest BCUT2D eigenvalue weighted by Crippen LogP contribution is -2.41. The van der Waals surface area contributed by atoms with Crippen molar-refractivity contribution in [2.45, 2.75) is 33.2 Å². The Kier molecular flexibility index (Phi) is 8.97. The van der Waals surface area contributed by atoms with Crippen LogP contribution < -0.4 is 14.8 Å². The van der Waals surface area contributed by atoms with Crippen molar-refractivity contribution in [3.63, 3.8) is 0 Å². The summed E-state index contributed by atoms with van der Waals surface area (Å²) in [4.78, 5) is 11.4. The summed E-state index contributed by atoms with van der Waals surface area (Å²) in [6.45, 7) is 8.77. The molecule has 168 valence electrons. The number of nitrogens with one attached hydrogen (secondary N) is 1. The van der Waals surface area contributed by atoms with Crippen molar-refractivity contribution in [1.29, 1.82) is 0 Å². The number of guanidine groups is 1. The van der Waals surface area contributed by atoms with Crippen LogP contribution in [-0.2, 0) is 11.3 Å². The number of hydrogen-bond acceptors (Lipinski definition) is 5. The van der Waals surface area contributed by atoms with Gasteiger partial charge in [-0.1, -0.05) is 13.0 Å². The Morgan fingerprint density at radius 3 is 2.74 bits per heavy atom. The third-order valence-corrected chi connectivity index (χ3v) is 5.01. The number of pyridine rings is 1. The normalized spacial score (nSPS) is 16.2. The third kappa shape index (κ3) is 7.14. The number of rotatable bonds is 10. The summed E-state index contributed by atoms with van der Waals surface area (Å²) in [5.41, 5.74) is 0.932. The molecule has 1 aliphatic rings. The maximum Gasteiger partial charge on any atom is 0.224 e. The van der Waals surface area contributed by atoms with Gasteiger partial charge in [0.2, 0.25) is 5.88 Å². The predicted molar refractivity (Wildman–Crippen MR) is 123 cm³/mol. The van der Waals surface area contributed by atoms with Crippen LogP contribution in [0, 0.1) is 5.92 Å².